The molecule has 6 heteroatoms. The lowest BCUT2D eigenvalue weighted by atomic mass is 9.65. The number of halogens is 1. The van der Waals surface area contributed by atoms with Crippen LogP contribution in [0.15, 0.2) is 29.3 Å². The second kappa shape index (κ2) is 8.38. The zero-order valence-corrected chi connectivity index (χ0v) is 18.5. The van der Waals surface area contributed by atoms with Gasteiger partial charge in [0.15, 0.2) is 5.96 Å². The number of carbonyl (C=O) groups excluding carboxylic acids is 1. The van der Waals surface area contributed by atoms with Gasteiger partial charge in [0.2, 0.25) is 0 Å². The summed E-state index contributed by atoms with van der Waals surface area (Å²) in [6.45, 7) is 13.6. The number of carbonyl (C=O) groups is 1. The van der Waals surface area contributed by atoms with Crippen LogP contribution in [0, 0.1) is 5.41 Å². The van der Waals surface area contributed by atoms with Crippen molar-refractivity contribution in [3.8, 4) is 0 Å². The second-order valence-corrected chi connectivity index (χ2v) is 7.48. The number of nitrogens with one attached hydrogen (secondary N) is 2. The van der Waals surface area contributed by atoms with E-state index < -0.39 is 0 Å². The van der Waals surface area contributed by atoms with Gasteiger partial charge < -0.3 is 15.5 Å². The highest BCUT2D eigenvalue weighted by molar-refractivity contribution is 14.0. The van der Waals surface area contributed by atoms with E-state index in [-0.39, 0.29) is 40.8 Å². The van der Waals surface area contributed by atoms with Gasteiger partial charge in [-0.1, -0.05) is 26.0 Å². The highest BCUT2D eigenvalue weighted by Gasteiger charge is 2.53. The van der Waals surface area contributed by atoms with Crippen LogP contribution < -0.4 is 10.6 Å². The van der Waals surface area contributed by atoms with Crippen molar-refractivity contribution < 1.29 is 4.79 Å². The van der Waals surface area contributed by atoms with E-state index in [1.807, 2.05) is 24.3 Å². The van der Waals surface area contributed by atoms with Crippen molar-refractivity contribution in [3.63, 3.8) is 0 Å². The van der Waals surface area contributed by atoms with Gasteiger partial charge in [-0.05, 0) is 38.5 Å². The third-order valence-electron chi connectivity index (χ3n) is 5.30. The van der Waals surface area contributed by atoms with Crippen LogP contribution in [0.2, 0.25) is 0 Å². The third-order valence-corrected chi connectivity index (χ3v) is 5.30. The van der Waals surface area contributed by atoms with Gasteiger partial charge in [0.1, 0.15) is 0 Å². The Kier molecular flexibility index (Phi) is 7.28. The van der Waals surface area contributed by atoms with E-state index in [1.165, 1.54) is 0 Å². The van der Waals surface area contributed by atoms with E-state index in [0.717, 1.165) is 24.6 Å². The lowest BCUT2D eigenvalue weighted by Crippen LogP contribution is -2.72. The van der Waals surface area contributed by atoms with E-state index in [9.17, 15) is 4.79 Å². The van der Waals surface area contributed by atoms with Crippen LogP contribution >= 0.6 is 24.0 Å². The Balaban J connectivity index is 0.00000312. The number of hydrogen-bond acceptors (Lipinski definition) is 2. The number of guanidine groups is 1. The smallest absolute Gasteiger partial charge is 0.251 e. The fourth-order valence-corrected chi connectivity index (χ4v) is 2.92. The Hall–Kier alpha value is -1.31. The minimum Gasteiger partial charge on any atom is -0.356 e. The van der Waals surface area contributed by atoms with Gasteiger partial charge in [-0.25, -0.2) is 4.99 Å². The first-order chi connectivity index (χ1) is 11.2. The third kappa shape index (κ3) is 4.46. The molecule has 5 nitrogen and oxygen atoms in total. The standard InChI is InChI=1S/C19H30N4O.HI/c1-7-21-17(23-13-18(2,3)19(23,4)5)22-12-14-9-8-10-15(11-14)16(24)20-6;/h8-11H,7,12-13H2,1-6H3,(H,20,24)(H,21,22);1H. The van der Waals surface area contributed by atoms with Crippen molar-refractivity contribution in [2.75, 3.05) is 20.1 Å². The summed E-state index contributed by atoms with van der Waals surface area (Å²) in [6.07, 6.45) is 0. The number of hydrogen-bond donors (Lipinski definition) is 2. The van der Waals surface area contributed by atoms with E-state index in [1.54, 1.807) is 7.05 Å². The van der Waals surface area contributed by atoms with E-state index >= 15 is 0 Å². The van der Waals surface area contributed by atoms with Crippen molar-refractivity contribution in [1.82, 2.24) is 15.5 Å². The fourth-order valence-electron chi connectivity index (χ4n) is 2.92. The zero-order valence-electron chi connectivity index (χ0n) is 16.1. The average Bonchev–Trinajstić information content (AvgIpc) is 2.56. The summed E-state index contributed by atoms with van der Waals surface area (Å²) < 4.78 is 0. The normalized spacial score (nSPS) is 18.0. The zero-order chi connectivity index (χ0) is 18.0. The van der Waals surface area contributed by atoms with E-state index in [4.69, 9.17) is 4.99 Å². The van der Waals surface area contributed by atoms with Crippen LogP contribution in [0.1, 0.15) is 50.5 Å². The number of rotatable bonds is 4. The minimum absolute atomic E-state index is 0. The maximum absolute atomic E-state index is 11.8. The summed E-state index contributed by atoms with van der Waals surface area (Å²) >= 11 is 0. The van der Waals surface area contributed by atoms with Crippen molar-refractivity contribution in [3.05, 3.63) is 35.4 Å². The molecule has 1 aliphatic rings. The first-order valence-corrected chi connectivity index (χ1v) is 8.60. The van der Waals surface area contributed by atoms with Crippen LogP contribution in [0.25, 0.3) is 0 Å². The molecule has 1 aromatic carbocycles. The van der Waals surface area contributed by atoms with Crippen LogP contribution in [-0.4, -0.2) is 42.4 Å². The van der Waals surface area contributed by atoms with Gasteiger partial charge in [-0.15, -0.1) is 24.0 Å². The predicted molar refractivity (Wildman–Crippen MR) is 115 cm³/mol. The molecule has 1 heterocycles. The molecule has 0 atom stereocenters. The number of aliphatic imine (C=N–C) groups is 1. The van der Waals surface area contributed by atoms with Crippen LogP contribution in [0.4, 0.5) is 0 Å². The maximum atomic E-state index is 11.8. The molecule has 1 aromatic rings. The van der Waals surface area contributed by atoms with Gasteiger partial charge >= 0.3 is 0 Å². The summed E-state index contributed by atoms with van der Waals surface area (Å²) in [5.41, 5.74) is 2.03. The summed E-state index contributed by atoms with van der Waals surface area (Å²) in [4.78, 5) is 18.9. The molecule has 1 fully saturated rings. The molecule has 0 bridgehead atoms. The summed E-state index contributed by atoms with van der Waals surface area (Å²) in [5.74, 6) is 0.866. The number of nitrogens with zero attached hydrogens (tertiary/aromatic N) is 2. The monoisotopic (exact) mass is 458 g/mol. The molecule has 140 valence electrons. The van der Waals surface area contributed by atoms with Gasteiger partial charge in [0.05, 0.1) is 6.54 Å². The first-order valence-electron chi connectivity index (χ1n) is 8.60. The number of likely N-dealkylation sites (tertiary alicyclic amines) is 1. The van der Waals surface area contributed by atoms with Crippen LogP contribution in [0.5, 0.6) is 0 Å². The Morgan fingerprint density at radius 1 is 1.28 bits per heavy atom. The maximum Gasteiger partial charge on any atom is 0.251 e. The lowest BCUT2D eigenvalue weighted by Gasteiger charge is -2.62. The molecule has 1 amide bonds. The summed E-state index contributed by atoms with van der Waals surface area (Å²) in [7, 11) is 1.64. The van der Waals surface area contributed by atoms with Gasteiger partial charge in [-0.3, -0.25) is 4.79 Å². The van der Waals surface area contributed by atoms with Crippen molar-refractivity contribution >= 4 is 35.8 Å². The molecule has 2 rings (SSSR count). The van der Waals surface area contributed by atoms with Crippen molar-refractivity contribution in [1.29, 1.82) is 0 Å². The molecule has 0 radical (unpaired) electrons. The Morgan fingerprint density at radius 2 is 1.96 bits per heavy atom. The predicted octanol–water partition coefficient (Wildman–Crippen LogP) is 3.25. The van der Waals surface area contributed by atoms with Crippen molar-refractivity contribution in [2.45, 2.75) is 46.7 Å². The van der Waals surface area contributed by atoms with Crippen molar-refractivity contribution in [2.24, 2.45) is 10.4 Å². The summed E-state index contributed by atoms with van der Waals surface area (Å²) in [5, 5.41) is 6.05. The van der Waals surface area contributed by atoms with E-state index in [0.29, 0.717) is 12.1 Å². The van der Waals surface area contributed by atoms with Crippen LogP contribution in [0.3, 0.4) is 0 Å². The molecular weight excluding hydrogens is 427 g/mol. The molecule has 0 aliphatic carbocycles. The molecule has 0 aromatic heterocycles. The molecule has 0 unspecified atom stereocenters. The van der Waals surface area contributed by atoms with E-state index in [2.05, 4.69) is 50.2 Å². The molecule has 1 aliphatic heterocycles. The number of benzene rings is 1. The Morgan fingerprint density at radius 3 is 2.48 bits per heavy atom. The second-order valence-electron chi connectivity index (χ2n) is 7.48. The molecular formula is C19H31IN4O. The molecule has 0 spiro atoms. The molecule has 1 saturated heterocycles. The highest BCUT2D eigenvalue weighted by Crippen LogP contribution is 2.46. The molecule has 2 N–H and O–H groups in total. The minimum atomic E-state index is -0.0710. The van der Waals surface area contributed by atoms with Gasteiger partial charge in [0.25, 0.3) is 5.91 Å². The Bertz CT molecular complexity index is 640. The average molecular weight is 458 g/mol. The van der Waals surface area contributed by atoms with Gasteiger partial charge in [0, 0.05) is 36.7 Å². The topological polar surface area (TPSA) is 56.7 Å². The number of amides is 1. The fraction of sp³-hybridized carbons (Fsp3) is 0.579. The molecule has 25 heavy (non-hydrogen) atoms. The SMILES string of the molecule is CCNC(=NCc1cccc(C(=O)NC)c1)N1CC(C)(C)C1(C)C.I. The lowest BCUT2D eigenvalue weighted by molar-refractivity contribution is -0.0667. The van der Waals surface area contributed by atoms with Gasteiger partial charge in [-0.2, -0.15) is 0 Å². The quantitative estimate of drug-likeness (QED) is 0.414. The van der Waals surface area contributed by atoms with Crippen LogP contribution in [-0.2, 0) is 6.54 Å². The summed E-state index contributed by atoms with van der Waals surface area (Å²) in [6, 6.07) is 7.62. The largest absolute Gasteiger partial charge is 0.356 e. The molecule has 0 saturated carbocycles. The Labute approximate surface area is 168 Å². The highest BCUT2D eigenvalue weighted by atomic mass is 127. The first kappa shape index (κ1) is 21.7.